The van der Waals surface area contributed by atoms with Gasteiger partial charge in [-0.2, -0.15) is 0 Å². The van der Waals surface area contributed by atoms with Crippen molar-refractivity contribution in [3.8, 4) is 11.5 Å². The summed E-state index contributed by atoms with van der Waals surface area (Å²) in [7, 11) is 4.83. The summed E-state index contributed by atoms with van der Waals surface area (Å²) in [6, 6.07) is 20.4. The van der Waals surface area contributed by atoms with E-state index in [4.69, 9.17) is 21.1 Å². The lowest BCUT2D eigenvalue weighted by molar-refractivity contribution is -0.132. The van der Waals surface area contributed by atoms with E-state index in [1.165, 1.54) is 0 Å². The van der Waals surface area contributed by atoms with Crippen LogP contribution in [0.2, 0.25) is 5.02 Å². The minimum absolute atomic E-state index is 0.200. The lowest BCUT2D eigenvalue weighted by Crippen LogP contribution is -2.53. The highest BCUT2D eigenvalue weighted by molar-refractivity contribution is 7.98. The van der Waals surface area contributed by atoms with Crippen molar-refractivity contribution in [1.29, 1.82) is 0 Å². The van der Waals surface area contributed by atoms with Crippen LogP contribution in [0.15, 0.2) is 71.6 Å². The van der Waals surface area contributed by atoms with Crippen LogP contribution in [0.3, 0.4) is 0 Å². The third kappa shape index (κ3) is 7.95. The molecule has 1 unspecified atom stereocenters. The van der Waals surface area contributed by atoms with Crippen molar-refractivity contribution in [3.63, 3.8) is 0 Å². The maximum absolute atomic E-state index is 14.2. The summed E-state index contributed by atoms with van der Waals surface area (Å²) < 4.78 is 10.5. The fourth-order valence-electron chi connectivity index (χ4n) is 4.87. The van der Waals surface area contributed by atoms with Crippen molar-refractivity contribution in [2.45, 2.75) is 55.7 Å². The van der Waals surface area contributed by atoms with Gasteiger partial charge < -0.3 is 20.1 Å². The van der Waals surface area contributed by atoms with Gasteiger partial charge in [0.15, 0.2) is 0 Å². The second-order valence-corrected chi connectivity index (χ2v) is 11.8. The summed E-state index contributed by atoms with van der Waals surface area (Å²) >= 11 is 8.48. The first kappa shape index (κ1) is 31.4. The molecule has 214 valence electrons. The molecule has 0 saturated heterocycles. The maximum Gasteiger partial charge on any atom is 0.242 e. The molecular formula is C32H39ClN2O4S. The quantitative estimate of drug-likeness (QED) is 0.227. The molecule has 3 aromatic carbocycles. The zero-order valence-electron chi connectivity index (χ0n) is 24.0. The molecule has 3 aromatic rings. The van der Waals surface area contributed by atoms with Crippen LogP contribution >= 0.6 is 23.4 Å². The van der Waals surface area contributed by atoms with Crippen molar-refractivity contribution in [2.24, 2.45) is 5.92 Å². The number of benzene rings is 3. The number of likely N-dealkylation sites (N-methyl/N-ethyl adjacent to an activating group) is 1. The zero-order chi connectivity index (χ0) is 29.3. The van der Waals surface area contributed by atoms with E-state index in [0.29, 0.717) is 23.6 Å². The van der Waals surface area contributed by atoms with Crippen LogP contribution in [-0.4, -0.2) is 39.1 Å². The number of methoxy groups -OCH3 is 2. The molecule has 40 heavy (non-hydrogen) atoms. The Morgan fingerprint density at radius 1 is 0.925 bits per heavy atom. The number of ether oxygens (including phenoxy) is 2. The highest BCUT2D eigenvalue weighted by atomic mass is 35.5. The first-order valence-electron chi connectivity index (χ1n) is 13.3. The van der Waals surface area contributed by atoms with Gasteiger partial charge in [-0.3, -0.25) is 9.59 Å². The number of halogens is 1. The molecule has 0 saturated carbocycles. The molecule has 2 N–H and O–H groups in total. The molecule has 0 radical (unpaired) electrons. The van der Waals surface area contributed by atoms with Gasteiger partial charge in [-0.15, -0.1) is 11.8 Å². The summed E-state index contributed by atoms with van der Waals surface area (Å²) in [5.74, 6) is 1.94. The predicted octanol–water partition coefficient (Wildman–Crippen LogP) is 6.43. The molecule has 0 aliphatic heterocycles. The molecule has 0 aliphatic rings. The Kier molecular flexibility index (Phi) is 11.3. The monoisotopic (exact) mass is 582 g/mol. The van der Waals surface area contributed by atoms with E-state index in [1.807, 2.05) is 73.7 Å². The normalized spacial score (nSPS) is 13.3. The van der Waals surface area contributed by atoms with Crippen molar-refractivity contribution >= 4 is 35.2 Å². The fraction of sp³-hybridized carbons (Fsp3) is 0.375. The molecule has 8 heteroatoms. The van der Waals surface area contributed by atoms with E-state index >= 15 is 0 Å². The smallest absolute Gasteiger partial charge is 0.242 e. The highest BCUT2D eigenvalue weighted by Crippen LogP contribution is 2.42. The third-order valence-electron chi connectivity index (χ3n) is 6.87. The summed E-state index contributed by atoms with van der Waals surface area (Å²) in [6.45, 7) is 6.09. The second kappa shape index (κ2) is 14.5. The fourth-order valence-corrected chi connectivity index (χ4v) is 6.47. The molecule has 0 bridgehead atoms. The molecule has 6 nitrogen and oxygen atoms in total. The standard InChI is InChI=1S/C32H39ClN2O4S/c1-21(2)19-32(3,31(37)35-27(30(36)34-4)18-22-10-14-24(38-5)15-11-22)29-26(33)8-7-9-28(29)40-20-23-12-16-25(39-6)17-13-23/h7-17,21,27H,18-20H2,1-6H3,(H,34,36)(H,35,37)/t27-,32?/m0/s1. The summed E-state index contributed by atoms with van der Waals surface area (Å²) in [5.41, 5.74) is 1.85. The van der Waals surface area contributed by atoms with E-state index in [0.717, 1.165) is 33.1 Å². The van der Waals surface area contributed by atoms with Gasteiger partial charge in [-0.1, -0.05) is 55.8 Å². The van der Waals surface area contributed by atoms with Gasteiger partial charge >= 0.3 is 0 Å². The Balaban J connectivity index is 1.93. The van der Waals surface area contributed by atoms with Crippen molar-refractivity contribution < 1.29 is 19.1 Å². The number of nitrogens with one attached hydrogen (secondary N) is 2. The van der Waals surface area contributed by atoms with Crippen LogP contribution in [0.4, 0.5) is 0 Å². The molecule has 2 atom stereocenters. The largest absolute Gasteiger partial charge is 0.497 e. The molecule has 0 spiro atoms. The molecular weight excluding hydrogens is 544 g/mol. The van der Waals surface area contributed by atoms with Crippen LogP contribution < -0.4 is 20.1 Å². The van der Waals surface area contributed by atoms with Crippen molar-refractivity contribution in [2.75, 3.05) is 21.3 Å². The molecule has 0 aromatic heterocycles. The minimum Gasteiger partial charge on any atom is -0.497 e. The molecule has 0 heterocycles. The average Bonchev–Trinajstić information content (AvgIpc) is 2.95. The van der Waals surface area contributed by atoms with Crippen molar-refractivity contribution in [3.05, 3.63) is 88.4 Å². The Bertz CT molecular complexity index is 1280. The number of thioether (sulfide) groups is 1. The van der Waals surface area contributed by atoms with Gasteiger partial charge in [0.05, 0.1) is 19.6 Å². The van der Waals surface area contributed by atoms with Gasteiger partial charge in [0.2, 0.25) is 11.8 Å². The van der Waals surface area contributed by atoms with Gasteiger partial charge in [0, 0.05) is 29.1 Å². The first-order valence-corrected chi connectivity index (χ1v) is 14.7. The van der Waals surface area contributed by atoms with Crippen LogP contribution in [0.1, 0.15) is 43.9 Å². The van der Waals surface area contributed by atoms with Crippen LogP contribution in [0, 0.1) is 5.92 Å². The number of carbonyl (C=O) groups excluding carboxylic acids is 2. The Hall–Kier alpha value is -3.16. The molecule has 0 aliphatic carbocycles. The Labute approximate surface area is 247 Å². The molecule has 0 fully saturated rings. The van der Waals surface area contributed by atoms with Crippen LogP contribution in [0.5, 0.6) is 11.5 Å². The Morgan fingerprint density at radius 3 is 2.02 bits per heavy atom. The summed E-state index contributed by atoms with van der Waals surface area (Å²) in [5, 5.41) is 6.30. The van der Waals surface area contributed by atoms with Gasteiger partial charge in [0.25, 0.3) is 0 Å². The lowest BCUT2D eigenvalue weighted by Gasteiger charge is -2.34. The molecule has 2 amide bonds. The maximum atomic E-state index is 14.2. The van der Waals surface area contributed by atoms with Gasteiger partial charge in [0.1, 0.15) is 17.5 Å². The average molecular weight is 583 g/mol. The molecule has 3 rings (SSSR count). The zero-order valence-corrected chi connectivity index (χ0v) is 25.6. The minimum atomic E-state index is -0.971. The van der Waals surface area contributed by atoms with E-state index in [9.17, 15) is 9.59 Å². The van der Waals surface area contributed by atoms with E-state index in [1.54, 1.807) is 33.0 Å². The highest BCUT2D eigenvalue weighted by Gasteiger charge is 2.41. The number of hydrogen-bond donors (Lipinski definition) is 2. The SMILES string of the molecule is CNC(=O)[C@H](Cc1ccc(OC)cc1)NC(=O)C(C)(CC(C)C)c1c(Cl)cccc1SCc1ccc(OC)cc1. The van der Waals surface area contributed by atoms with Gasteiger partial charge in [-0.05, 0) is 72.4 Å². The Morgan fingerprint density at radius 2 is 1.50 bits per heavy atom. The third-order valence-corrected chi connectivity index (χ3v) is 8.31. The van der Waals surface area contributed by atoms with Gasteiger partial charge in [-0.25, -0.2) is 0 Å². The van der Waals surface area contributed by atoms with Crippen LogP contribution in [-0.2, 0) is 27.2 Å². The van der Waals surface area contributed by atoms with E-state index < -0.39 is 11.5 Å². The summed E-state index contributed by atoms with van der Waals surface area (Å²) in [4.78, 5) is 28.0. The first-order chi connectivity index (χ1) is 19.1. The summed E-state index contributed by atoms with van der Waals surface area (Å²) in [6.07, 6.45) is 0.899. The predicted molar refractivity (Wildman–Crippen MR) is 164 cm³/mol. The lowest BCUT2D eigenvalue weighted by atomic mass is 9.75. The number of carbonyl (C=O) groups is 2. The number of rotatable bonds is 13. The van der Waals surface area contributed by atoms with Crippen molar-refractivity contribution in [1.82, 2.24) is 10.6 Å². The van der Waals surface area contributed by atoms with E-state index in [-0.39, 0.29) is 17.7 Å². The van der Waals surface area contributed by atoms with E-state index in [2.05, 4.69) is 24.5 Å². The number of amides is 2. The topological polar surface area (TPSA) is 76.7 Å². The van der Waals surface area contributed by atoms with Crippen LogP contribution in [0.25, 0.3) is 0 Å². The number of hydrogen-bond acceptors (Lipinski definition) is 5. The second-order valence-electron chi connectivity index (χ2n) is 10.4.